The lowest BCUT2D eigenvalue weighted by Crippen LogP contribution is -2.28. The van der Waals surface area contributed by atoms with Gasteiger partial charge in [0.2, 0.25) is 11.5 Å². The number of H-pyrrole nitrogens is 1. The third-order valence-electron chi connectivity index (χ3n) is 5.11. The van der Waals surface area contributed by atoms with Crippen molar-refractivity contribution in [1.29, 1.82) is 5.26 Å². The molecule has 2 N–H and O–H groups in total. The minimum absolute atomic E-state index is 0.713. The number of anilines is 2. The van der Waals surface area contributed by atoms with Gasteiger partial charge in [-0.05, 0) is 61.2 Å². The number of para-hydroxylation sites is 2. The molecule has 0 fully saturated rings. The lowest BCUT2D eigenvalue weighted by Gasteiger charge is -2.10. The number of halogens is 1. The summed E-state index contributed by atoms with van der Waals surface area (Å²) in [5, 5.41) is 14.1. The number of nitriles is 1. The van der Waals surface area contributed by atoms with Gasteiger partial charge in [0.15, 0.2) is 0 Å². The van der Waals surface area contributed by atoms with Gasteiger partial charge in [0.25, 0.3) is 0 Å². The summed E-state index contributed by atoms with van der Waals surface area (Å²) in [4.78, 5) is 3.44. The zero-order chi connectivity index (χ0) is 17.7. The number of benzene rings is 2. The number of fused-ring (bicyclic) bond motifs is 4. The van der Waals surface area contributed by atoms with Crippen LogP contribution in [-0.4, -0.2) is 4.98 Å². The Hall–Kier alpha value is -3.03. The van der Waals surface area contributed by atoms with Crippen molar-refractivity contribution in [2.24, 2.45) is 0 Å². The number of pyridine rings is 1. The first-order chi connectivity index (χ1) is 12.8. The Morgan fingerprint density at radius 1 is 1.04 bits per heavy atom. The molecule has 0 aliphatic heterocycles. The van der Waals surface area contributed by atoms with E-state index in [0.717, 1.165) is 58.6 Å². The molecule has 5 rings (SSSR count). The summed E-state index contributed by atoms with van der Waals surface area (Å²) in [7, 11) is 0. The van der Waals surface area contributed by atoms with Crippen molar-refractivity contribution in [3.8, 4) is 6.07 Å². The van der Waals surface area contributed by atoms with Gasteiger partial charge in [0.1, 0.15) is 22.7 Å². The Labute approximate surface area is 155 Å². The van der Waals surface area contributed by atoms with Crippen molar-refractivity contribution >= 4 is 39.8 Å². The van der Waals surface area contributed by atoms with Crippen LogP contribution in [0.15, 0.2) is 48.5 Å². The van der Waals surface area contributed by atoms with Gasteiger partial charge in [-0.2, -0.15) is 9.66 Å². The molecule has 1 aliphatic carbocycles. The van der Waals surface area contributed by atoms with E-state index in [9.17, 15) is 5.26 Å². The molecule has 4 nitrogen and oxygen atoms in total. The standard InChI is InChI=1S/C21H15ClN4/c22-13-8-10-14(11-9-13)24-20-16-5-3-4-15(16)17(12-23)21-25-18-6-1-2-7-19(18)26(20)21/h1-2,6-11H,3-5H2,(H,24,25)/p+1. The van der Waals surface area contributed by atoms with E-state index in [4.69, 9.17) is 11.6 Å². The van der Waals surface area contributed by atoms with Crippen LogP contribution in [0.2, 0.25) is 5.02 Å². The fourth-order valence-electron chi connectivity index (χ4n) is 3.97. The third kappa shape index (κ3) is 2.18. The molecular weight excluding hydrogens is 344 g/mol. The minimum Gasteiger partial charge on any atom is -0.273 e. The Bertz CT molecular complexity index is 1200. The van der Waals surface area contributed by atoms with Crippen LogP contribution in [0.5, 0.6) is 0 Å². The molecule has 2 aromatic carbocycles. The van der Waals surface area contributed by atoms with E-state index in [1.165, 1.54) is 5.56 Å². The van der Waals surface area contributed by atoms with Crippen LogP contribution < -0.4 is 9.72 Å². The van der Waals surface area contributed by atoms with E-state index >= 15 is 0 Å². The summed E-state index contributed by atoms with van der Waals surface area (Å²) < 4.78 is 2.15. The van der Waals surface area contributed by atoms with Crippen LogP contribution in [0.3, 0.4) is 0 Å². The van der Waals surface area contributed by atoms with Crippen LogP contribution in [0.4, 0.5) is 11.5 Å². The molecule has 2 aromatic heterocycles. The summed E-state index contributed by atoms with van der Waals surface area (Å²) in [6.45, 7) is 0. The SMILES string of the molecule is N#Cc1c2c(c(Nc3ccc(Cl)cc3)[n+]3c1[nH]c1ccccc13)CCC2. The summed E-state index contributed by atoms with van der Waals surface area (Å²) in [5.41, 5.74) is 7.07. The molecule has 0 bridgehead atoms. The second-order valence-electron chi connectivity index (χ2n) is 6.60. The van der Waals surface area contributed by atoms with Crippen molar-refractivity contribution in [3.63, 3.8) is 0 Å². The first-order valence-electron chi connectivity index (χ1n) is 8.69. The largest absolute Gasteiger partial charge is 0.273 e. The number of nitrogens with one attached hydrogen (secondary N) is 2. The predicted octanol–water partition coefficient (Wildman–Crippen LogP) is 4.66. The number of aromatic amines is 1. The van der Waals surface area contributed by atoms with E-state index in [2.05, 4.69) is 26.8 Å². The van der Waals surface area contributed by atoms with Crippen LogP contribution in [0.1, 0.15) is 23.1 Å². The van der Waals surface area contributed by atoms with Gasteiger partial charge in [-0.1, -0.05) is 23.7 Å². The van der Waals surface area contributed by atoms with Gasteiger partial charge in [-0.15, -0.1) is 0 Å². The van der Waals surface area contributed by atoms with E-state index < -0.39 is 0 Å². The van der Waals surface area contributed by atoms with Gasteiger partial charge < -0.3 is 0 Å². The topological polar surface area (TPSA) is 55.7 Å². The highest BCUT2D eigenvalue weighted by Gasteiger charge is 2.29. The Morgan fingerprint density at radius 2 is 1.81 bits per heavy atom. The fraction of sp³-hybridized carbons (Fsp3) is 0.143. The van der Waals surface area contributed by atoms with Crippen molar-refractivity contribution in [2.45, 2.75) is 19.3 Å². The average molecular weight is 360 g/mol. The molecule has 0 saturated heterocycles. The number of rotatable bonds is 2. The third-order valence-corrected chi connectivity index (χ3v) is 5.36. The normalized spacial score (nSPS) is 13.1. The van der Waals surface area contributed by atoms with Gasteiger partial charge in [-0.3, -0.25) is 10.3 Å². The monoisotopic (exact) mass is 359 g/mol. The Balaban J connectivity index is 1.86. The van der Waals surface area contributed by atoms with Crippen molar-refractivity contribution < 1.29 is 4.40 Å². The smallest absolute Gasteiger partial charge is 0.250 e. The van der Waals surface area contributed by atoms with E-state index in [0.29, 0.717) is 5.02 Å². The maximum Gasteiger partial charge on any atom is 0.250 e. The highest BCUT2D eigenvalue weighted by atomic mass is 35.5. The summed E-state index contributed by atoms with van der Waals surface area (Å²) in [6.07, 6.45) is 2.99. The van der Waals surface area contributed by atoms with Crippen LogP contribution in [0.25, 0.3) is 16.7 Å². The first kappa shape index (κ1) is 15.2. The molecule has 0 radical (unpaired) electrons. The molecule has 0 atom stereocenters. The number of nitrogens with zero attached hydrogens (tertiary/aromatic N) is 2. The van der Waals surface area contributed by atoms with Gasteiger partial charge in [0.05, 0.1) is 5.69 Å². The minimum atomic E-state index is 0.713. The Morgan fingerprint density at radius 3 is 2.62 bits per heavy atom. The zero-order valence-corrected chi connectivity index (χ0v) is 14.8. The lowest BCUT2D eigenvalue weighted by molar-refractivity contribution is -0.465. The zero-order valence-electron chi connectivity index (χ0n) is 14.0. The average Bonchev–Trinajstić information content (AvgIpc) is 3.28. The second-order valence-corrected chi connectivity index (χ2v) is 7.04. The number of imidazole rings is 1. The molecule has 2 heterocycles. The van der Waals surface area contributed by atoms with Crippen molar-refractivity contribution in [1.82, 2.24) is 4.98 Å². The summed E-state index contributed by atoms with van der Waals surface area (Å²) in [6, 6.07) is 18.3. The quantitative estimate of drug-likeness (QED) is 0.511. The molecule has 126 valence electrons. The molecule has 1 aliphatic rings. The van der Waals surface area contributed by atoms with Crippen molar-refractivity contribution in [3.05, 3.63) is 70.2 Å². The van der Waals surface area contributed by atoms with Crippen LogP contribution >= 0.6 is 11.6 Å². The summed E-state index contributed by atoms with van der Waals surface area (Å²) >= 11 is 6.03. The second kappa shape index (κ2) is 5.76. The number of aromatic nitrogens is 2. The van der Waals surface area contributed by atoms with E-state index in [1.54, 1.807) is 0 Å². The van der Waals surface area contributed by atoms with E-state index in [-0.39, 0.29) is 0 Å². The highest BCUT2D eigenvalue weighted by Crippen LogP contribution is 2.33. The maximum atomic E-state index is 9.82. The number of hydrogen-bond acceptors (Lipinski definition) is 2. The molecule has 5 heteroatoms. The summed E-state index contributed by atoms with van der Waals surface area (Å²) in [5.74, 6) is 1.03. The van der Waals surface area contributed by atoms with Crippen LogP contribution in [0, 0.1) is 11.3 Å². The van der Waals surface area contributed by atoms with Crippen LogP contribution in [-0.2, 0) is 12.8 Å². The van der Waals surface area contributed by atoms with E-state index in [1.807, 2.05) is 42.5 Å². The highest BCUT2D eigenvalue weighted by molar-refractivity contribution is 6.30. The molecule has 0 unspecified atom stereocenters. The van der Waals surface area contributed by atoms with Gasteiger partial charge in [-0.25, -0.2) is 0 Å². The van der Waals surface area contributed by atoms with Gasteiger partial charge >= 0.3 is 0 Å². The first-order valence-corrected chi connectivity index (χ1v) is 9.07. The predicted molar refractivity (Wildman–Crippen MR) is 103 cm³/mol. The lowest BCUT2D eigenvalue weighted by atomic mass is 10.1. The number of hydrogen-bond donors (Lipinski definition) is 2. The molecular formula is C21H16ClN4+. The fourth-order valence-corrected chi connectivity index (χ4v) is 4.09. The molecule has 4 aromatic rings. The molecule has 0 spiro atoms. The van der Waals surface area contributed by atoms with Gasteiger partial charge in [0, 0.05) is 10.6 Å². The molecule has 26 heavy (non-hydrogen) atoms. The van der Waals surface area contributed by atoms with Crippen molar-refractivity contribution in [2.75, 3.05) is 5.32 Å². The maximum absolute atomic E-state index is 9.82. The molecule has 0 amide bonds. The Kier molecular flexibility index (Phi) is 3.37. The molecule has 0 saturated carbocycles.